The number of likely N-dealkylation sites (tertiary alicyclic amines) is 1. The van der Waals surface area contributed by atoms with E-state index in [1.807, 2.05) is 4.57 Å². The molecular formula is C23H31N5O2. The molecule has 1 aromatic carbocycles. The fourth-order valence-corrected chi connectivity index (χ4v) is 4.50. The number of rotatable bonds is 4. The first-order valence-corrected chi connectivity index (χ1v) is 10.7. The summed E-state index contributed by atoms with van der Waals surface area (Å²) in [4.78, 5) is 32.9. The van der Waals surface area contributed by atoms with Gasteiger partial charge in [0.1, 0.15) is 5.82 Å². The SMILES string of the molecule is Cc1ccc(C)c(Cn2c(CN3CCCCC3C)nc3c2c(=O)n(C)c(=O)n3C)c1. The molecule has 1 atom stereocenters. The van der Waals surface area contributed by atoms with Crippen molar-refractivity contribution >= 4 is 11.2 Å². The molecule has 0 saturated carbocycles. The second-order valence-electron chi connectivity index (χ2n) is 8.74. The minimum absolute atomic E-state index is 0.288. The van der Waals surface area contributed by atoms with Crippen LogP contribution >= 0.6 is 0 Å². The topological polar surface area (TPSA) is 65.1 Å². The zero-order valence-corrected chi connectivity index (χ0v) is 18.6. The van der Waals surface area contributed by atoms with E-state index in [0.29, 0.717) is 30.3 Å². The highest BCUT2D eigenvalue weighted by molar-refractivity contribution is 5.71. The molecule has 0 N–H and O–H groups in total. The van der Waals surface area contributed by atoms with E-state index in [1.54, 1.807) is 7.05 Å². The Kier molecular flexibility index (Phi) is 5.40. The Balaban J connectivity index is 1.91. The van der Waals surface area contributed by atoms with Crippen LogP contribution in [-0.4, -0.2) is 36.2 Å². The molecule has 0 amide bonds. The lowest BCUT2D eigenvalue weighted by atomic mass is 10.0. The van der Waals surface area contributed by atoms with Crippen LogP contribution in [0.25, 0.3) is 11.2 Å². The zero-order valence-electron chi connectivity index (χ0n) is 18.6. The van der Waals surface area contributed by atoms with Gasteiger partial charge < -0.3 is 4.57 Å². The smallest absolute Gasteiger partial charge is 0.317 e. The summed E-state index contributed by atoms with van der Waals surface area (Å²) < 4.78 is 4.69. The molecule has 7 heteroatoms. The summed E-state index contributed by atoms with van der Waals surface area (Å²) in [5, 5.41) is 0. The van der Waals surface area contributed by atoms with Gasteiger partial charge >= 0.3 is 5.69 Å². The number of aromatic nitrogens is 4. The molecule has 160 valence electrons. The van der Waals surface area contributed by atoms with Gasteiger partial charge in [-0.3, -0.25) is 18.8 Å². The van der Waals surface area contributed by atoms with E-state index in [-0.39, 0.29) is 11.2 Å². The molecular weight excluding hydrogens is 378 g/mol. The van der Waals surface area contributed by atoms with E-state index in [9.17, 15) is 9.59 Å². The molecule has 0 bridgehead atoms. The van der Waals surface area contributed by atoms with Crippen LogP contribution in [0.3, 0.4) is 0 Å². The lowest BCUT2D eigenvalue weighted by Crippen LogP contribution is -2.38. The van der Waals surface area contributed by atoms with Crippen molar-refractivity contribution in [2.75, 3.05) is 6.54 Å². The van der Waals surface area contributed by atoms with E-state index < -0.39 is 0 Å². The molecule has 0 spiro atoms. The molecule has 1 aliphatic heterocycles. The molecule has 0 radical (unpaired) electrons. The Morgan fingerprint density at radius 1 is 1.07 bits per heavy atom. The number of hydrogen-bond acceptors (Lipinski definition) is 4. The van der Waals surface area contributed by atoms with Gasteiger partial charge in [0.25, 0.3) is 5.56 Å². The zero-order chi connectivity index (χ0) is 21.6. The van der Waals surface area contributed by atoms with Crippen molar-refractivity contribution in [3.8, 4) is 0 Å². The number of aryl methyl sites for hydroxylation is 3. The van der Waals surface area contributed by atoms with Gasteiger partial charge in [-0.05, 0) is 51.3 Å². The van der Waals surface area contributed by atoms with Crippen LogP contribution in [0, 0.1) is 13.8 Å². The Bertz CT molecular complexity index is 1220. The maximum Gasteiger partial charge on any atom is 0.332 e. The second kappa shape index (κ2) is 7.87. The fraction of sp³-hybridized carbons (Fsp3) is 0.522. The molecule has 2 aromatic heterocycles. The van der Waals surface area contributed by atoms with Gasteiger partial charge in [0.05, 0.1) is 6.54 Å². The van der Waals surface area contributed by atoms with Gasteiger partial charge in [-0.2, -0.15) is 0 Å². The first-order chi connectivity index (χ1) is 14.3. The summed E-state index contributed by atoms with van der Waals surface area (Å²) in [6.07, 6.45) is 3.62. The third-order valence-electron chi connectivity index (χ3n) is 6.55. The summed E-state index contributed by atoms with van der Waals surface area (Å²) in [5.74, 6) is 0.845. The van der Waals surface area contributed by atoms with Gasteiger partial charge in [-0.1, -0.05) is 30.2 Å². The van der Waals surface area contributed by atoms with Gasteiger partial charge in [0.15, 0.2) is 11.2 Å². The average molecular weight is 410 g/mol. The normalized spacial score (nSPS) is 17.7. The van der Waals surface area contributed by atoms with E-state index in [2.05, 4.69) is 43.9 Å². The van der Waals surface area contributed by atoms with Crippen molar-refractivity contribution in [2.24, 2.45) is 14.1 Å². The predicted molar refractivity (Wildman–Crippen MR) is 119 cm³/mol. The van der Waals surface area contributed by atoms with E-state index in [0.717, 1.165) is 17.9 Å². The van der Waals surface area contributed by atoms with Crippen LogP contribution < -0.4 is 11.2 Å². The number of hydrogen-bond donors (Lipinski definition) is 0. The minimum Gasteiger partial charge on any atom is -0.317 e. The van der Waals surface area contributed by atoms with Crippen molar-refractivity contribution < 1.29 is 0 Å². The van der Waals surface area contributed by atoms with Gasteiger partial charge in [0.2, 0.25) is 0 Å². The van der Waals surface area contributed by atoms with Crippen molar-refractivity contribution in [1.29, 1.82) is 0 Å². The quantitative estimate of drug-likeness (QED) is 0.664. The Labute approximate surface area is 176 Å². The summed E-state index contributed by atoms with van der Waals surface area (Å²) in [5.41, 5.74) is 3.87. The Hall–Kier alpha value is -2.67. The maximum atomic E-state index is 13.1. The molecule has 1 unspecified atom stereocenters. The number of benzene rings is 1. The number of imidazole rings is 1. The largest absolute Gasteiger partial charge is 0.332 e. The van der Waals surface area contributed by atoms with E-state index >= 15 is 0 Å². The highest BCUT2D eigenvalue weighted by Gasteiger charge is 2.24. The molecule has 1 aliphatic rings. The lowest BCUT2D eigenvalue weighted by molar-refractivity contribution is 0.147. The number of nitrogens with zero attached hydrogens (tertiary/aromatic N) is 5. The molecule has 1 saturated heterocycles. The summed E-state index contributed by atoms with van der Waals surface area (Å²) in [7, 11) is 3.22. The number of fused-ring (bicyclic) bond motifs is 1. The third kappa shape index (κ3) is 3.51. The standard InChI is InChI=1S/C23H31N5O2/c1-15-9-10-16(2)18(12-15)13-28-19(14-27-11-7-6-8-17(27)3)24-21-20(28)22(29)26(5)23(30)25(21)4/h9-10,12,17H,6-8,11,13-14H2,1-5H3. The van der Waals surface area contributed by atoms with Crippen LogP contribution in [0.1, 0.15) is 48.7 Å². The van der Waals surface area contributed by atoms with Gasteiger partial charge in [-0.15, -0.1) is 0 Å². The van der Waals surface area contributed by atoms with Crippen LogP contribution in [0.2, 0.25) is 0 Å². The van der Waals surface area contributed by atoms with Gasteiger partial charge in [0, 0.05) is 26.7 Å². The first kappa shape index (κ1) is 20.6. The summed E-state index contributed by atoms with van der Waals surface area (Å²) in [6, 6.07) is 6.87. The van der Waals surface area contributed by atoms with Crippen molar-refractivity contribution in [1.82, 2.24) is 23.6 Å². The molecule has 4 rings (SSSR count). The molecule has 3 aromatic rings. The van der Waals surface area contributed by atoms with E-state index in [1.165, 1.54) is 46.6 Å². The van der Waals surface area contributed by atoms with Crippen molar-refractivity contribution in [2.45, 2.75) is 59.2 Å². The van der Waals surface area contributed by atoms with Crippen LogP contribution in [0.15, 0.2) is 27.8 Å². The molecule has 7 nitrogen and oxygen atoms in total. The van der Waals surface area contributed by atoms with Gasteiger partial charge in [-0.25, -0.2) is 9.78 Å². The van der Waals surface area contributed by atoms with Crippen molar-refractivity contribution in [3.63, 3.8) is 0 Å². The summed E-state index contributed by atoms with van der Waals surface area (Å²) in [6.45, 7) is 8.70. The highest BCUT2D eigenvalue weighted by atomic mass is 16.2. The van der Waals surface area contributed by atoms with Crippen LogP contribution in [0.4, 0.5) is 0 Å². The Morgan fingerprint density at radius 3 is 2.57 bits per heavy atom. The molecule has 3 heterocycles. The molecule has 1 fully saturated rings. The van der Waals surface area contributed by atoms with E-state index in [4.69, 9.17) is 4.98 Å². The maximum absolute atomic E-state index is 13.1. The average Bonchev–Trinajstić information content (AvgIpc) is 3.07. The lowest BCUT2D eigenvalue weighted by Gasteiger charge is -2.33. The first-order valence-electron chi connectivity index (χ1n) is 10.7. The molecule has 0 aliphatic carbocycles. The van der Waals surface area contributed by atoms with Crippen LogP contribution in [0.5, 0.6) is 0 Å². The van der Waals surface area contributed by atoms with Crippen molar-refractivity contribution in [3.05, 3.63) is 61.6 Å². The monoisotopic (exact) mass is 409 g/mol. The second-order valence-corrected chi connectivity index (χ2v) is 8.74. The minimum atomic E-state index is -0.346. The summed E-state index contributed by atoms with van der Waals surface area (Å²) >= 11 is 0. The fourth-order valence-electron chi connectivity index (χ4n) is 4.50. The third-order valence-corrected chi connectivity index (χ3v) is 6.55. The highest BCUT2D eigenvalue weighted by Crippen LogP contribution is 2.22. The number of piperidine rings is 1. The van der Waals surface area contributed by atoms with Crippen LogP contribution in [-0.2, 0) is 27.2 Å². The Morgan fingerprint density at radius 2 is 1.83 bits per heavy atom. The predicted octanol–water partition coefficient (Wildman–Crippen LogP) is 2.47. The molecule has 30 heavy (non-hydrogen) atoms.